The van der Waals surface area contributed by atoms with Crippen LogP contribution >= 0.6 is 0 Å². The predicted octanol–water partition coefficient (Wildman–Crippen LogP) is 0.795. The van der Waals surface area contributed by atoms with E-state index in [1.807, 2.05) is 6.92 Å². The van der Waals surface area contributed by atoms with Crippen molar-refractivity contribution in [2.45, 2.75) is 13.3 Å². The van der Waals surface area contributed by atoms with Crippen molar-refractivity contribution in [3.8, 4) is 0 Å². The Bertz CT molecular complexity index is 92.4. The zero-order valence-corrected chi connectivity index (χ0v) is 5.83. The SMILES string of the molecule is CCCS(=O)CC=N. The molecule has 0 aromatic heterocycles. The first-order valence-electron chi connectivity index (χ1n) is 2.65. The first-order valence-corrected chi connectivity index (χ1v) is 4.14. The number of nitrogens with one attached hydrogen (secondary N) is 1. The third kappa shape index (κ3) is 3.99. The molecule has 0 aliphatic rings. The lowest BCUT2D eigenvalue weighted by Gasteiger charge is -1.90. The molecule has 0 aliphatic heterocycles. The predicted molar refractivity (Wildman–Crippen MR) is 37.0 cm³/mol. The summed E-state index contributed by atoms with van der Waals surface area (Å²) in [6.07, 6.45) is 2.15. The van der Waals surface area contributed by atoms with Crippen LogP contribution in [0.15, 0.2) is 0 Å². The van der Waals surface area contributed by atoms with Crippen LogP contribution in [0.5, 0.6) is 0 Å². The summed E-state index contributed by atoms with van der Waals surface area (Å²) in [6, 6.07) is 0. The molecule has 0 spiro atoms. The summed E-state index contributed by atoms with van der Waals surface area (Å²) in [4.78, 5) is 0. The minimum atomic E-state index is -0.763. The van der Waals surface area contributed by atoms with E-state index in [2.05, 4.69) is 0 Å². The summed E-state index contributed by atoms with van der Waals surface area (Å²) in [6.45, 7) is 1.99. The molecule has 8 heavy (non-hydrogen) atoms. The van der Waals surface area contributed by atoms with Gasteiger partial charge in [0.1, 0.15) is 0 Å². The second-order valence-electron chi connectivity index (χ2n) is 1.51. The minimum Gasteiger partial charge on any atom is -0.312 e. The fourth-order valence-electron chi connectivity index (χ4n) is 0.404. The van der Waals surface area contributed by atoms with Gasteiger partial charge in [-0.15, -0.1) is 0 Å². The van der Waals surface area contributed by atoms with E-state index in [-0.39, 0.29) is 0 Å². The molecule has 0 heterocycles. The van der Waals surface area contributed by atoms with E-state index in [1.165, 1.54) is 6.21 Å². The average Bonchev–Trinajstić information content (AvgIpc) is 1.68. The Morgan fingerprint density at radius 1 is 1.75 bits per heavy atom. The van der Waals surface area contributed by atoms with Crippen molar-refractivity contribution in [1.82, 2.24) is 0 Å². The lowest BCUT2D eigenvalue weighted by Crippen LogP contribution is -2.01. The second-order valence-corrected chi connectivity index (χ2v) is 3.14. The highest BCUT2D eigenvalue weighted by Crippen LogP contribution is 1.82. The fourth-order valence-corrected chi connectivity index (χ4v) is 1.21. The Balaban J connectivity index is 3.18. The van der Waals surface area contributed by atoms with Gasteiger partial charge in [0.05, 0.1) is 5.75 Å². The summed E-state index contributed by atoms with van der Waals surface area (Å²) < 4.78 is 10.6. The minimum absolute atomic E-state index is 0.424. The van der Waals surface area contributed by atoms with Gasteiger partial charge in [0.15, 0.2) is 0 Å². The van der Waals surface area contributed by atoms with Gasteiger partial charge in [-0.2, -0.15) is 0 Å². The molecule has 1 atom stereocenters. The summed E-state index contributed by atoms with van der Waals surface area (Å²) in [7, 11) is -0.763. The van der Waals surface area contributed by atoms with E-state index in [0.717, 1.165) is 12.2 Å². The van der Waals surface area contributed by atoms with Gasteiger partial charge < -0.3 is 5.41 Å². The smallest absolute Gasteiger partial charge is 0.0582 e. The molecule has 0 aromatic rings. The molecule has 0 amide bonds. The largest absolute Gasteiger partial charge is 0.312 e. The maximum absolute atomic E-state index is 10.6. The van der Waals surface area contributed by atoms with E-state index in [0.29, 0.717) is 5.75 Å². The Kier molecular flexibility index (Phi) is 4.85. The molecular weight excluding hydrogens is 122 g/mol. The van der Waals surface area contributed by atoms with Gasteiger partial charge in [0.25, 0.3) is 0 Å². The van der Waals surface area contributed by atoms with Crippen LogP contribution in [0.25, 0.3) is 0 Å². The Hall–Kier alpha value is -0.180. The molecule has 3 heteroatoms. The summed E-state index contributed by atoms with van der Waals surface area (Å²) >= 11 is 0. The molecule has 2 nitrogen and oxygen atoms in total. The third-order valence-corrected chi connectivity index (χ3v) is 2.10. The number of hydrogen-bond donors (Lipinski definition) is 1. The van der Waals surface area contributed by atoms with Gasteiger partial charge in [-0.05, 0) is 6.42 Å². The van der Waals surface area contributed by atoms with Crippen molar-refractivity contribution in [3.05, 3.63) is 0 Å². The van der Waals surface area contributed by atoms with Gasteiger partial charge >= 0.3 is 0 Å². The van der Waals surface area contributed by atoms with Crippen molar-refractivity contribution in [1.29, 1.82) is 5.41 Å². The van der Waals surface area contributed by atoms with Crippen LogP contribution in [0.2, 0.25) is 0 Å². The molecule has 0 bridgehead atoms. The Morgan fingerprint density at radius 3 is 2.75 bits per heavy atom. The van der Waals surface area contributed by atoms with E-state index in [9.17, 15) is 4.21 Å². The van der Waals surface area contributed by atoms with Crippen LogP contribution in [-0.2, 0) is 10.8 Å². The lowest BCUT2D eigenvalue weighted by molar-refractivity contribution is 0.684. The molecule has 0 rings (SSSR count). The topological polar surface area (TPSA) is 40.9 Å². The second kappa shape index (κ2) is 4.97. The highest BCUT2D eigenvalue weighted by molar-refractivity contribution is 7.85. The van der Waals surface area contributed by atoms with Crippen LogP contribution in [0, 0.1) is 5.41 Å². The Labute approximate surface area is 52.3 Å². The van der Waals surface area contributed by atoms with Crippen molar-refractivity contribution in [3.63, 3.8) is 0 Å². The van der Waals surface area contributed by atoms with Crippen LogP contribution in [0.4, 0.5) is 0 Å². The molecule has 0 fully saturated rings. The van der Waals surface area contributed by atoms with Gasteiger partial charge in [-0.25, -0.2) is 0 Å². The van der Waals surface area contributed by atoms with E-state index < -0.39 is 10.8 Å². The Morgan fingerprint density at radius 2 is 2.38 bits per heavy atom. The number of rotatable bonds is 4. The van der Waals surface area contributed by atoms with Gasteiger partial charge in [0, 0.05) is 22.8 Å². The van der Waals surface area contributed by atoms with Crippen molar-refractivity contribution >= 4 is 17.0 Å². The fraction of sp³-hybridized carbons (Fsp3) is 0.800. The third-order valence-electron chi connectivity index (χ3n) is 0.701. The molecule has 0 saturated heterocycles. The van der Waals surface area contributed by atoms with E-state index >= 15 is 0 Å². The first-order chi connectivity index (χ1) is 3.81. The maximum atomic E-state index is 10.6. The molecule has 0 aliphatic carbocycles. The van der Waals surface area contributed by atoms with Gasteiger partial charge in [-0.1, -0.05) is 6.92 Å². The van der Waals surface area contributed by atoms with Crippen LogP contribution in [-0.4, -0.2) is 21.9 Å². The zero-order valence-electron chi connectivity index (χ0n) is 5.02. The van der Waals surface area contributed by atoms with Crippen LogP contribution in [0.3, 0.4) is 0 Å². The van der Waals surface area contributed by atoms with Gasteiger partial charge in [-0.3, -0.25) is 4.21 Å². The molecule has 0 aromatic carbocycles. The molecule has 1 N–H and O–H groups in total. The summed E-state index contributed by atoms with van der Waals surface area (Å²) in [5.41, 5.74) is 0. The quantitative estimate of drug-likeness (QED) is 0.566. The van der Waals surface area contributed by atoms with Crippen molar-refractivity contribution in [2.24, 2.45) is 0 Å². The molecule has 0 saturated carbocycles. The van der Waals surface area contributed by atoms with Crippen LogP contribution < -0.4 is 0 Å². The summed E-state index contributed by atoms with van der Waals surface area (Å²) in [5, 5.41) is 6.59. The van der Waals surface area contributed by atoms with E-state index in [4.69, 9.17) is 5.41 Å². The molecular formula is C5H11NOS. The average molecular weight is 133 g/mol. The van der Waals surface area contributed by atoms with Gasteiger partial charge in [0.2, 0.25) is 0 Å². The summed E-state index contributed by atoms with van der Waals surface area (Å²) in [5.74, 6) is 1.16. The maximum Gasteiger partial charge on any atom is 0.0582 e. The lowest BCUT2D eigenvalue weighted by atomic mass is 10.6. The zero-order chi connectivity index (χ0) is 6.41. The molecule has 0 radical (unpaired) electrons. The monoisotopic (exact) mass is 133 g/mol. The standard InChI is InChI=1S/C5H11NOS/c1-2-4-8(7)5-3-6/h3,6H,2,4-5H2,1H3. The first kappa shape index (κ1) is 7.82. The number of hydrogen-bond acceptors (Lipinski definition) is 2. The highest BCUT2D eigenvalue weighted by atomic mass is 32.2. The van der Waals surface area contributed by atoms with Crippen LogP contribution in [0.1, 0.15) is 13.3 Å². The highest BCUT2D eigenvalue weighted by Gasteiger charge is 1.91. The van der Waals surface area contributed by atoms with E-state index in [1.54, 1.807) is 0 Å². The molecule has 1 unspecified atom stereocenters. The normalized spacial score (nSPS) is 13.1. The molecule has 48 valence electrons. The van der Waals surface area contributed by atoms with Crippen molar-refractivity contribution in [2.75, 3.05) is 11.5 Å². The van der Waals surface area contributed by atoms with Crippen molar-refractivity contribution < 1.29 is 4.21 Å².